The van der Waals surface area contributed by atoms with Gasteiger partial charge in [0.05, 0.1) is 12.1 Å². The first-order valence-corrected chi connectivity index (χ1v) is 8.02. The first kappa shape index (κ1) is 17.8. The number of carbonyl (C=O) groups is 1. The van der Waals surface area contributed by atoms with Gasteiger partial charge in [0, 0.05) is 28.5 Å². The summed E-state index contributed by atoms with van der Waals surface area (Å²) in [6.07, 6.45) is 1.31. The third-order valence-electron chi connectivity index (χ3n) is 3.72. The zero-order valence-electron chi connectivity index (χ0n) is 13.4. The summed E-state index contributed by atoms with van der Waals surface area (Å²) >= 11 is 5.99. The average Bonchev–Trinajstić information content (AvgIpc) is 2.59. The molecule has 132 valence electrons. The number of anilines is 1. The quantitative estimate of drug-likeness (QED) is 0.748. The lowest BCUT2D eigenvalue weighted by atomic mass is 10.2. The van der Waals surface area contributed by atoms with Gasteiger partial charge in [-0.1, -0.05) is 23.7 Å². The minimum Gasteiger partial charge on any atom is -0.322 e. The van der Waals surface area contributed by atoms with Gasteiger partial charge in [-0.3, -0.25) is 9.59 Å². The van der Waals surface area contributed by atoms with Gasteiger partial charge < -0.3 is 9.88 Å². The first-order chi connectivity index (χ1) is 12.4. The molecule has 0 unspecified atom stereocenters. The number of hydrogen-bond acceptors (Lipinski definition) is 2. The topological polar surface area (TPSA) is 51.1 Å². The summed E-state index contributed by atoms with van der Waals surface area (Å²) in [5, 5.41) is 2.72. The van der Waals surface area contributed by atoms with Crippen molar-refractivity contribution in [3.63, 3.8) is 0 Å². The lowest BCUT2D eigenvalue weighted by Gasteiger charge is -2.11. The lowest BCUT2D eigenvalue weighted by Crippen LogP contribution is -2.23. The van der Waals surface area contributed by atoms with Crippen LogP contribution in [0.25, 0.3) is 0 Å². The van der Waals surface area contributed by atoms with Gasteiger partial charge in [-0.15, -0.1) is 0 Å². The Labute approximate surface area is 152 Å². The van der Waals surface area contributed by atoms with E-state index < -0.39 is 23.1 Å². The minimum atomic E-state index is -0.543. The van der Waals surface area contributed by atoms with E-state index >= 15 is 0 Å². The molecule has 0 fully saturated rings. The standard InChI is InChI=1S/C19H13ClF2N2O2/c20-16-5-2-6-17(22)15(16)11-24-10-12(7-8-18(24)25)19(26)23-14-4-1-3-13(21)9-14/h1-10H,11H2,(H,23,26). The van der Waals surface area contributed by atoms with Crippen molar-refractivity contribution in [3.8, 4) is 0 Å². The molecule has 7 heteroatoms. The molecule has 3 rings (SSSR count). The maximum Gasteiger partial charge on any atom is 0.257 e. The summed E-state index contributed by atoms with van der Waals surface area (Å²) in [7, 11) is 0. The van der Waals surface area contributed by atoms with Gasteiger partial charge in [-0.05, 0) is 36.4 Å². The molecule has 1 heterocycles. The molecule has 0 aliphatic heterocycles. The molecule has 0 radical (unpaired) electrons. The second kappa shape index (κ2) is 7.49. The van der Waals surface area contributed by atoms with E-state index in [2.05, 4.69) is 5.32 Å². The van der Waals surface area contributed by atoms with Crippen LogP contribution in [0, 0.1) is 11.6 Å². The number of benzene rings is 2. The van der Waals surface area contributed by atoms with Crippen LogP contribution in [-0.4, -0.2) is 10.5 Å². The highest BCUT2D eigenvalue weighted by atomic mass is 35.5. The van der Waals surface area contributed by atoms with Crippen LogP contribution >= 0.6 is 11.6 Å². The predicted octanol–water partition coefficient (Wildman–Crippen LogP) is 4.08. The molecule has 1 N–H and O–H groups in total. The van der Waals surface area contributed by atoms with Gasteiger partial charge in [-0.2, -0.15) is 0 Å². The van der Waals surface area contributed by atoms with Crippen molar-refractivity contribution in [2.24, 2.45) is 0 Å². The summed E-state index contributed by atoms with van der Waals surface area (Å²) in [5.41, 5.74) is 0.191. The van der Waals surface area contributed by atoms with E-state index in [-0.39, 0.29) is 28.4 Å². The minimum absolute atomic E-state index is 0.120. The van der Waals surface area contributed by atoms with E-state index in [1.165, 1.54) is 65.4 Å². The Morgan fingerprint density at radius 3 is 2.58 bits per heavy atom. The van der Waals surface area contributed by atoms with Crippen molar-refractivity contribution in [2.75, 3.05) is 5.32 Å². The number of pyridine rings is 1. The number of carbonyl (C=O) groups excluding carboxylic acids is 1. The maximum absolute atomic E-state index is 13.9. The number of hydrogen-bond donors (Lipinski definition) is 1. The second-order valence-corrected chi connectivity index (χ2v) is 5.96. The SMILES string of the molecule is O=C(Nc1cccc(F)c1)c1ccc(=O)n(Cc2c(F)cccc2Cl)c1. The van der Waals surface area contributed by atoms with E-state index in [4.69, 9.17) is 11.6 Å². The van der Waals surface area contributed by atoms with Crippen molar-refractivity contribution < 1.29 is 13.6 Å². The molecule has 2 aromatic carbocycles. The van der Waals surface area contributed by atoms with Crippen molar-refractivity contribution in [2.45, 2.75) is 6.54 Å². The Morgan fingerprint density at radius 1 is 1.08 bits per heavy atom. The molecular weight excluding hydrogens is 362 g/mol. The van der Waals surface area contributed by atoms with E-state index in [0.29, 0.717) is 0 Å². The fourth-order valence-electron chi connectivity index (χ4n) is 2.41. The van der Waals surface area contributed by atoms with Crippen LogP contribution in [0.4, 0.5) is 14.5 Å². The zero-order valence-corrected chi connectivity index (χ0v) is 14.1. The Bertz CT molecular complexity index is 1010. The summed E-state index contributed by atoms with van der Waals surface area (Å²) in [6, 6.07) is 12.2. The molecule has 0 saturated heterocycles. The molecular formula is C19H13ClF2N2O2. The maximum atomic E-state index is 13.9. The number of amides is 1. The third-order valence-corrected chi connectivity index (χ3v) is 4.07. The van der Waals surface area contributed by atoms with Gasteiger partial charge in [0.15, 0.2) is 0 Å². The Balaban J connectivity index is 1.88. The molecule has 1 amide bonds. The molecule has 3 aromatic rings. The summed E-state index contributed by atoms with van der Waals surface area (Å²) in [6.45, 7) is -0.120. The number of nitrogens with zero attached hydrogens (tertiary/aromatic N) is 1. The normalized spacial score (nSPS) is 10.6. The van der Waals surface area contributed by atoms with Crippen LogP contribution in [0.1, 0.15) is 15.9 Å². The number of nitrogens with one attached hydrogen (secondary N) is 1. The highest BCUT2D eigenvalue weighted by molar-refractivity contribution is 6.31. The highest BCUT2D eigenvalue weighted by Gasteiger charge is 2.12. The van der Waals surface area contributed by atoms with Gasteiger partial charge in [0.25, 0.3) is 11.5 Å². The molecule has 4 nitrogen and oxygen atoms in total. The zero-order chi connectivity index (χ0) is 18.7. The first-order valence-electron chi connectivity index (χ1n) is 7.64. The average molecular weight is 375 g/mol. The molecule has 0 atom stereocenters. The molecule has 26 heavy (non-hydrogen) atoms. The fourth-order valence-corrected chi connectivity index (χ4v) is 2.64. The Hall–Kier alpha value is -2.99. The molecule has 0 aliphatic carbocycles. The number of aromatic nitrogens is 1. The van der Waals surface area contributed by atoms with Crippen LogP contribution in [-0.2, 0) is 6.54 Å². The second-order valence-electron chi connectivity index (χ2n) is 5.55. The van der Waals surface area contributed by atoms with Crippen LogP contribution < -0.4 is 10.9 Å². The Kier molecular flexibility index (Phi) is 5.14. The summed E-state index contributed by atoms with van der Waals surface area (Å²) in [5.74, 6) is -1.55. The number of rotatable bonds is 4. The lowest BCUT2D eigenvalue weighted by molar-refractivity contribution is 0.102. The smallest absolute Gasteiger partial charge is 0.257 e. The highest BCUT2D eigenvalue weighted by Crippen LogP contribution is 2.19. The monoisotopic (exact) mass is 374 g/mol. The number of halogens is 3. The van der Waals surface area contributed by atoms with Crippen molar-refractivity contribution >= 4 is 23.2 Å². The fraction of sp³-hybridized carbons (Fsp3) is 0.0526. The van der Waals surface area contributed by atoms with Crippen molar-refractivity contribution in [3.05, 3.63) is 98.9 Å². The largest absolute Gasteiger partial charge is 0.322 e. The third kappa shape index (κ3) is 3.97. The Morgan fingerprint density at radius 2 is 1.85 bits per heavy atom. The summed E-state index contributed by atoms with van der Waals surface area (Å²) in [4.78, 5) is 24.4. The van der Waals surface area contributed by atoms with Crippen molar-refractivity contribution in [1.82, 2.24) is 4.57 Å². The summed E-state index contributed by atoms with van der Waals surface area (Å²) < 4.78 is 28.3. The van der Waals surface area contributed by atoms with Crippen LogP contribution in [0.15, 0.2) is 65.6 Å². The predicted molar refractivity (Wildman–Crippen MR) is 95.6 cm³/mol. The van der Waals surface area contributed by atoms with Crippen molar-refractivity contribution in [1.29, 1.82) is 0 Å². The van der Waals surface area contributed by atoms with E-state index in [1.807, 2.05) is 0 Å². The molecule has 0 bridgehead atoms. The van der Waals surface area contributed by atoms with E-state index in [9.17, 15) is 18.4 Å². The molecule has 0 spiro atoms. The van der Waals surface area contributed by atoms with Crippen LogP contribution in [0.3, 0.4) is 0 Å². The molecule has 0 saturated carbocycles. The van der Waals surface area contributed by atoms with E-state index in [1.54, 1.807) is 0 Å². The van der Waals surface area contributed by atoms with Gasteiger partial charge >= 0.3 is 0 Å². The molecule has 0 aliphatic rings. The van der Waals surface area contributed by atoms with Gasteiger partial charge in [-0.25, -0.2) is 8.78 Å². The molecule has 1 aromatic heterocycles. The van der Waals surface area contributed by atoms with Gasteiger partial charge in [0.2, 0.25) is 0 Å². The van der Waals surface area contributed by atoms with Crippen LogP contribution in [0.5, 0.6) is 0 Å². The van der Waals surface area contributed by atoms with E-state index in [0.717, 1.165) is 0 Å². The van der Waals surface area contributed by atoms with Crippen LogP contribution in [0.2, 0.25) is 5.02 Å². The van der Waals surface area contributed by atoms with Gasteiger partial charge in [0.1, 0.15) is 11.6 Å².